The highest BCUT2D eigenvalue weighted by atomic mass is 35.5. The van der Waals surface area contributed by atoms with Crippen LogP contribution in [0, 0.1) is 17.2 Å². The summed E-state index contributed by atoms with van der Waals surface area (Å²) in [6.45, 7) is 5.49. The first-order chi connectivity index (χ1) is 14.7. The summed E-state index contributed by atoms with van der Waals surface area (Å²) in [5, 5.41) is 18.2. The molecule has 0 radical (unpaired) electrons. The monoisotopic (exact) mass is 465 g/mol. The fourth-order valence-corrected chi connectivity index (χ4v) is 3.97. The Morgan fingerprint density at radius 1 is 1.23 bits per heavy atom. The van der Waals surface area contributed by atoms with Crippen LogP contribution in [0.25, 0.3) is 0 Å². The van der Waals surface area contributed by atoms with Crippen LogP contribution in [0.4, 0.5) is 17.5 Å². The van der Waals surface area contributed by atoms with Crippen molar-refractivity contribution in [3.63, 3.8) is 0 Å². The highest BCUT2D eigenvalue weighted by Crippen LogP contribution is 2.25. The highest BCUT2D eigenvalue weighted by molar-refractivity contribution is 6.42. The zero-order valence-electron chi connectivity index (χ0n) is 17.7. The topological polar surface area (TPSA) is 109 Å². The second-order valence-electron chi connectivity index (χ2n) is 7.51. The number of aryl methyl sites for hydroxylation is 1. The molecule has 1 aromatic heterocycles. The maximum atomic E-state index is 11.8. The molecule has 1 fully saturated rings. The summed E-state index contributed by atoms with van der Waals surface area (Å²) in [4.78, 5) is 22.8. The van der Waals surface area contributed by atoms with Crippen molar-refractivity contribution in [2.45, 2.75) is 38.9 Å². The lowest BCUT2D eigenvalue weighted by Crippen LogP contribution is -2.51. The van der Waals surface area contributed by atoms with E-state index < -0.39 is 0 Å². The van der Waals surface area contributed by atoms with Gasteiger partial charge in [-0.05, 0) is 31.5 Å². The van der Waals surface area contributed by atoms with Crippen LogP contribution in [-0.4, -0.2) is 57.9 Å². The summed E-state index contributed by atoms with van der Waals surface area (Å²) in [6, 6.07) is 7.06. The van der Waals surface area contributed by atoms with Gasteiger partial charge in [-0.2, -0.15) is 4.98 Å². The zero-order valence-corrected chi connectivity index (χ0v) is 19.3. The van der Waals surface area contributed by atoms with Gasteiger partial charge in [-0.3, -0.25) is 10.7 Å². The van der Waals surface area contributed by atoms with Crippen LogP contribution < -0.4 is 16.0 Å². The molecule has 2 unspecified atom stereocenters. The van der Waals surface area contributed by atoms with Crippen LogP contribution in [0.3, 0.4) is 0 Å². The first kappa shape index (κ1) is 23.2. The number of piperidine rings is 1. The molecule has 0 aliphatic carbocycles. The lowest BCUT2D eigenvalue weighted by Gasteiger charge is -2.34. The molecule has 2 aromatic rings. The Bertz CT molecular complexity index is 970. The van der Waals surface area contributed by atoms with Crippen molar-refractivity contribution in [3.05, 3.63) is 44.9 Å². The molecule has 2 atom stereocenters. The zero-order chi connectivity index (χ0) is 22.5. The van der Waals surface area contributed by atoms with Gasteiger partial charge in [-0.15, -0.1) is 0 Å². The van der Waals surface area contributed by atoms with Crippen LogP contribution in [0.1, 0.15) is 25.5 Å². The van der Waals surface area contributed by atoms with Gasteiger partial charge < -0.3 is 10.6 Å². The fourth-order valence-electron chi connectivity index (χ4n) is 3.67. The summed E-state index contributed by atoms with van der Waals surface area (Å²) < 4.78 is 1.03. The molecule has 0 spiro atoms. The third kappa shape index (κ3) is 6.25. The van der Waals surface area contributed by atoms with Gasteiger partial charge in [0.15, 0.2) is 13.0 Å². The Morgan fingerprint density at radius 2 is 2.00 bits per heavy atom. The van der Waals surface area contributed by atoms with Gasteiger partial charge in [0.2, 0.25) is 5.95 Å². The molecule has 0 amide bonds. The number of aromatic nitrogens is 2. The van der Waals surface area contributed by atoms with Crippen LogP contribution in [0.15, 0.2) is 24.3 Å². The van der Waals surface area contributed by atoms with E-state index >= 15 is 0 Å². The number of nitrogens with zero attached hydrogens (tertiary/aromatic N) is 4. The number of halogens is 2. The minimum atomic E-state index is -0.0830. The van der Waals surface area contributed by atoms with E-state index in [2.05, 4.69) is 37.7 Å². The van der Waals surface area contributed by atoms with E-state index in [9.17, 15) is 4.91 Å². The number of hydrogen-bond acceptors (Lipinski definition) is 6. The Labute approximate surface area is 191 Å². The Hall–Kier alpha value is -2.49. The number of rotatable bonds is 6. The van der Waals surface area contributed by atoms with Crippen LogP contribution >= 0.6 is 23.2 Å². The Balaban J connectivity index is 1.64. The van der Waals surface area contributed by atoms with Crippen molar-refractivity contribution >= 4 is 46.6 Å². The lowest BCUT2D eigenvalue weighted by atomic mass is 10.0. The number of likely N-dealkylation sites (tertiary alicyclic amines) is 1. The first-order valence-corrected chi connectivity index (χ1v) is 10.8. The molecule has 11 heteroatoms. The summed E-state index contributed by atoms with van der Waals surface area (Å²) >= 11 is 11.9. The number of hydrogen-bond donors (Lipinski definition) is 4. The minimum Gasteiger partial charge on any atom is -0.366 e. The average molecular weight is 466 g/mol. The largest absolute Gasteiger partial charge is 0.366 e. The molecule has 9 nitrogen and oxygen atoms in total. The standard InChI is InChI=1S/C20H27Cl2N8O/c1-4-30-11-14(6-8-18(30)29(3)31)25-17-9-12(2)24-20(27-17)28-19(23)26-13-5-7-15(21)16(22)10-13/h5,7,9-10,14,18H,4,6,8,11H2,1-3H3,(H4,23,24,25,26,27,28)/q+1. The molecule has 0 saturated carbocycles. The van der Waals surface area contributed by atoms with Crippen LogP contribution in [0.5, 0.6) is 0 Å². The first-order valence-electron chi connectivity index (χ1n) is 10.1. The smallest absolute Gasteiger partial charge is 0.256 e. The second kappa shape index (κ2) is 10.2. The number of guanidine groups is 1. The van der Waals surface area contributed by atoms with Gasteiger partial charge >= 0.3 is 0 Å². The lowest BCUT2D eigenvalue weighted by molar-refractivity contribution is -0.587. The summed E-state index contributed by atoms with van der Waals surface area (Å²) in [5.74, 6) is 0.985. The third-order valence-electron chi connectivity index (χ3n) is 5.11. The van der Waals surface area contributed by atoms with E-state index in [4.69, 9.17) is 28.6 Å². The molecule has 3 rings (SSSR count). The molecule has 1 aliphatic heterocycles. The summed E-state index contributed by atoms with van der Waals surface area (Å²) in [6.07, 6.45) is 1.58. The van der Waals surface area contributed by atoms with Crippen molar-refractivity contribution in [1.29, 1.82) is 5.41 Å². The van der Waals surface area contributed by atoms with Crippen molar-refractivity contribution in [3.8, 4) is 0 Å². The third-order valence-corrected chi connectivity index (χ3v) is 5.85. The summed E-state index contributed by atoms with van der Waals surface area (Å²) in [7, 11) is 1.58. The second-order valence-corrected chi connectivity index (χ2v) is 8.32. The average Bonchev–Trinajstić information content (AvgIpc) is 2.70. The molecule has 1 aromatic carbocycles. The maximum Gasteiger partial charge on any atom is 0.256 e. The normalized spacial score (nSPS) is 19.0. The molecule has 31 heavy (non-hydrogen) atoms. The SMILES string of the molecule is CCN1CC(Nc2cc(C)nc(NC(=N)Nc3ccc(Cl)c(Cl)c3)n2)CCC1[N+](C)=O. The van der Waals surface area contributed by atoms with Crippen molar-refractivity contribution in [2.75, 3.05) is 36.1 Å². The number of benzene rings is 1. The number of likely N-dealkylation sites (N-methyl/N-ethyl adjacent to an activating group) is 1. The highest BCUT2D eigenvalue weighted by Gasteiger charge is 2.35. The fraction of sp³-hybridized carbons (Fsp3) is 0.450. The predicted molar refractivity (Wildman–Crippen MR) is 125 cm³/mol. The van der Waals surface area contributed by atoms with E-state index in [1.165, 1.54) is 0 Å². The van der Waals surface area contributed by atoms with Crippen LogP contribution in [-0.2, 0) is 0 Å². The van der Waals surface area contributed by atoms with Gasteiger partial charge in [-0.1, -0.05) is 30.1 Å². The molecule has 166 valence electrons. The van der Waals surface area contributed by atoms with Gasteiger partial charge in [0.25, 0.3) is 6.17 Å². The molecular formula is C20H27Cl2N8O+. The quantitative estimate of drug-likeness (QED) is 0.287. The minimum absolute atomic E-state index is 0.00564. The molecule has 1 aliphatic rings. The van der Waals surface area contributed by atoms with Crippen molar-refractivity contribution < 1.29 is 4.76 Å². The Kier molecular flexibility index (Phi) is 7.64. The van der Waals surface area contributed by atoms with E-state index in [0.717, 1.165) is 36.4 Å². The maximum absolute atomic E-state index is 11.8. The van der Waals surface area contributed by atoms with E-state index in [1.807, 2.05) is 13.0 Å². The van der Waals surface area contributed by atoms with Gasteiger partial charge in [0.05, 0.1) is 10.0 Å². The molecule has 4 N–H and O–H groups in total. The molecular weight excluding hydrogens is 439 g/mol. The van der Waals surface area contributed by atoms with Gasteiger partial charge in [-0.25, -0.2) is 9.88 Å². The van der Waals surface area contributed by atoms with Crippen molar-refractivity contribution in [2.24, 2.45) is 0 Å². The van der Waals surface area contributed by atoms with Crippen LogP contribution in [0.2, 0.25) is 10.0 Å². The number of nitrogens with one attached hydrogen (secondary N) is 4. The molecule has 1 saturated heterocycles. The predicted octanol–water partition coefficient (Wildman–Crippen LogP) is 4.18. The molecule has 0 bridgehead atoms. The number of nitroso groups, excluding NO2 is 1. The number of anilines is 3. The van der Waals surface area contributed by atoms with Gasteiger partial charge in [0, 0.05) is 52.7 Å². The van der Waals surface area contributed by atoms with Crippen molar-refractivity contribution in [1.82, 2.24) is 14.9 Å². The van der Waals surface area contributed by atoms with E-state index in [-0.39, 0.29) is 18.2 Å². The molecule has 2 heterocycles. The Morgan fingerprint density at radius 3 is 2.68 bits per heavy atom. The van der Waals surface area contributed by atoms with Gasteiger partial charge in [0.1, 0.15) is 5.82 Å². The summed E-state index contributed by atoms with van der Waals surface area (Å²) in [5.41, 5.74) is 1.39. The van der Waals surface area contributed by atoms with E-state index in [1.54, 1.807) is 25.2 Å². The van der Waals surface area contributed by atoms with E-state index in [0.29, 0.717) is 27.5 Å².